The van der Waals surface area contributed by atoms with Crippen LogP contribution < -0.4 is 5.32 Å². The summed E-state index contributed by atoms with van der Waals surface area (Å²) < 4.78 is 32.3. The van der Waals surface area contributed by atoms with E-state index in [1.54, 1.807) is 0 Å². The van der Waals surface area contributed by atoms with E-state index in [2.05, 4.69) is 5.32 Å². The fraction of sp³-hybridized carbons (Fsp3) is 1.00. The van der Waals surface area contributed by atoms with E-state index >= 15 is 0 Å². The molecule has 0 saturated carbocycles. The second-order valence-corrected chi connectivity index (χ2v) is 4.42. The van der Waals surface area contributed by atoms with Crippen LogP contribution >= 0.6 is 0 Å². The molecule has 1 heterocycles. The molecule has 7 nitrogen and oxygen atoms in total. The highest BCUT2D eigenvalue weighted by atomic mass is 16.6. The van der Waals surface area contributed by atoms with Gasteiger partial charge in [0.15, 0.2) is 0 Å². The first-order chi connectivity index (χ1) is 10.5. The molecule has 1 rings (SSSR count). The molecule has 1 fully saturated rings. The van der Waals surface area contributed by atoms with Gasteiger partial charge in [0.05, 0.1) is 79.3 Å². The Morgan fingerprint density at radius 3 is 0.857 bits per heavy atom. The van der Waals surface area contributed by atoms with Gasteiger partial charge < -0.3 is 33.7 Å². The molecule has 1 aliphatic heterocycles. The molecule has 1 N–H and O–H groups in total. The van der Waals surface area contributed by atoms with Crippen molar-refractivity contribution in [2.45, 2.75) is 0 Å². The van der Waals surface area contributed by atoms with Crippen LogP contribution in [-0.2, 0) is 28.4 Å². The SMILES string of the molecule is C1COCCOCCOCCOCCOCCOCCN1. The average Bonchev–Trinajstić information content (AvgIpc) is 2.50. The van der Waals surface area contributed by atoms with Crippen LogP contribution in [0.1, 0.15) is 0 Å². The molecule has 0 aromatic carbocycles. The molecule has 0 aromatic rings. The summed E-state index contributed by atoms with van der Waals surface area (Å²) in [6, 6.07) is 0. The van der Waals surface area contributed by atoms with Gasteiger partial charge in [-0.3, -0.25) is 0 Å². The molecule has 1 saturated heterocycles. The minimum absolute atomic E-state index is 0.578. The van der Waals surface area contributed by atoms with Crippen molar-refractivity contribution in [1.29, 1.82) is 0 Å². The Kier molecular flexibility index (Phi) is 14.4. The van der Waals surface area contributed by atoms with E-state index in [0.717, 1.165) is 13.1 Å². The second-order valence-electron chi connectivity index (χ2n) is 4.42. The van der Waals surface area contributed by atoms with Gasteiger partial charge in [-0.05, 0) is 0 Å². The Balaban J connectivity index is 2.00. The van der Waals surface area contributed by atoms with Crippen molar-refractivity contribution in [2.75, 3.05) is 92.4 Å². The van der Waals surface area contributed by atoms with E-state index < -0.39 is 0 Å². The zero-order valence-corrected chi connectivity index (χ0v) is 12.8. The van der Waals surface area contributed by atoms with E-state index in [0.29, 0.717) is 79.3 Å². The highest BCUT2D eigenvalue weighted by Crippen LogP contribution is 1.85. The molecule has 21 heavy (non-hydrogen) atoms. The van der Waals surface area contributed by atoms with Crippen LogP contribution in [0.25, 0.3) is 0 Å². The summed E-state index contributed by atoms with van der Waals surface area (Å²) in [5.41, 5.74) is 0. The summed E-state index contributed by atoms with van der Waals surface area (Å²) >= 11 is 0. The molecule has 1 aliphatic rings. The van der Waals surface area contributed by atoms with Crippen molar-refractivity contribution >= 4 is 0 Å². The first-order valence-corrected chi connectivity index (χ1v) is 7.67. The zero-order valence-electron chi connectivity index (χ0n) is 12.8. The molecule has 0 bridgehead atoms. The van der Waals surface area contributed by atoms with Gasteiger partial charge in [0, 0.05) is 13.1 Å². The quantitative estimate of drug-likeness (QED) is 0.658. The lowest BCUT2D eigenvalue weighted by atomic mass is 10.6. The Hall–Kier alpha value is -0.280. The second kappa shape index (κ2) is 16.1. The highest BCUT2D eigenvalue weighted by Gasteiger charge is 1.95. The molecule has 7 heteroatoms. The van der Waals surface area contributed by atoms with E-state index in [9.17, 15) is 0 Å². The van der Waals surface area contributed by atoms with Gasteiger partial charge in [0.1, 0.15) is 0 Å². The van der Waals surface area contributed by atoms with Crippen LogP contribution in [0, 0.1) is 0 Å². The minimum Gasteiger partial charge on any atom is -0.378 e. The fourth-order valence-corrected chi connectivity index (χ4v) is 1.62. The van der Waals surface area contributed by atoms with Crippen molar-refractivity contribution < 1.29 is 28.4 Å². The largest absolute Gasteiger partial charge is 0.378 e. The van der Waals surface area contributed by atoms with Gasteiger partial charge in [-0.2, -0.15) is 0 Å². The molecule has 0 amide bonds. The van der Waals surface area contributed by atoms with E-state index in [1.807, 2.05) is 0 Å². The number of rotatable bonds is 0. The molecule has 0 aliphatic carbocycles. The van der Waals surface area contributed by atoms with Crippen molar-refractivity contribution in [3.05, 3.63) is 0 Å². The third-order valence-electron chi connectivity index (χ3n) is 2.71. The molecule has 0 aromatic heterocycles. The molecule has 0 spiro atoms. The first-order valence-electron chi connectivity index (χ1n) is 7.67. The van der Waals surface area contributed by atoms with Gasteiger partial charge in [-0.15, -0.1) is 0 Å². The molecule has 0 unspecified atom stereocenters. The van der Waals surface area contributed by atoms with Crippen molar-refractivity contribution in [3.63, 3.8) is 0 Å². The summed E-state index contributed by atoms with van der Waals surface area (Å²) in [4.78, 5) is 0. The molecular formula is C14H29NO6. The topological polar surface area (TPSA) is 67.4 Å². The molecule has 126 valence electrons. The van der Waals surface area contributed by atoms with Crippen LogP contribution in [0.4, 0.5) is 0 Å². The van der Waals surface area contributed by atoms with E-state index in [-0.39, 0.29) is 0 Å². The first kappa shape index (κ1) is 18.8. The van der Waals surface area contributed by atoms with Gasteiger partial charge in [0.2, 0.25) is 0 Å². The van der Waals surface area contributed by atoms with Crippen LogP contribution in [-0.4, -0.2) is 92.4 Å². The van der Waals surface area contributed by atoms with Crippen LogP contribution in [0.2, 0.25) is 0 Å². The summed E-state index contributed by atoms with van der Waals surface area (Å²) in [5.74, 6) is 0. The standard InChI is InChI=1S/C14H29NO6/c1-3-16-5-7-18-9-11-20-13-14-21-12-10-19-8-6-17-4-2-15-1/h15H,1-14H2. The van der Waals surface area contributed by atoms with Crippen LogP contribution in [0.3, 0.4) is 0 Å². The lowest BCUT2D eigenvalue weighted by Gasteiger charge is -2.07. The average molecular weight is 307 g/mol. The highest BCUT2D eigenvalue weighted by molar-refractivity contribution is 4.45. The Bertz CT molecular complexity index is 116. The molecule has 0 radical (unpaired) electrons. The smallest absolute Gasteiger partial charge is 0.0701 e. The molecular weight excluding hydrogens is 278 g/mol. The third-order valence-corrected chi connectivity index (χ3v) is 2.71. The number of nitrogens with one attached hydrogen (secondary N) is 1. The van der Waals surface area contributed by atoms with Crippen LogP contribution in [0.15, 0.2) is 0 Å². The summed E-state index contributed by atoms with van der Waals surface area (Å²) in [6.45, 7) is 8.91. The van der Waals surface area contributed by atoms with Crippen molar-refractivity contribution in [1.82, 2.24) is 5.32 Å². The predicted octanol–water partition coefficient (Wildman–Crippen LogP) is -0.311. The summed E-state index contributed by atoms with van der Waals surface area (Å²) in [7, 11) is 0. The summed E-state index contributed by atoms with van der Waals surface area (Å²) in [5, 5.41) is 3.24. The maximum absolute atomic E-state index is 5.42. The Morgan fingerprint density at radius 1 is 0.333 bits per heavy atom. The number of hydrogen-bond donors (Lipinski definition) is 1. The third kappa shape index (κ3) is 14.4. The van der Waals surface area contributed by atoms with Gasteiger partial charge in [-0.1, -0.05) is 0 Å². The van der Waals surface area contributed by atoms with Gasteiger partial charge in [-0.25, -0.2) is 0 Å². The van der Waals surface area contributed by atoms with Crippen LogP contribution in [0.5, 0.6) is 0 Å². The maximum Gasteiger partial charge on any atom is 0.0701 e. The predicted molar refractivity (Wildman–Crippen MR) is 77.8 cm³/mol. The minimum atomic E-state index is 0.578. The number of ether oxygens (including phenoxy) is 6. The van der Waals surface area contributed by atoms with Gasteiger partial charge in [0.25, 0.3) is 0 Å². The van der Waals surface area contributed by atoms with E-state index in [1.165, 1.54) is 0 Å². The fourth-order valence-electron chi connectivity index (χ4n) is 1.62. The normalized spacial score (nSPS) is 24.0. The number of hydrogen-bond acceptors (Lipinski definition) is 7. The molecule has 0 atom stereocenters. The summed E-state index contributed by atoms with van der Waals surface area (Å²) in [6.07, 6.45) is 0. The Labute approximate surface area is 127 Å². The lowest BCUT2D eigenvalue weighted by Crippen LogP contribution is -2.25. The zero-order chi connectivity index (χ0) is 14.8. The maximum atomic E-state index is 5.42. The monoisotopic (exact) mass is 307 g/mol. The van der Waals surface area contributed by atoms with E-state index in [4.69, 9.17) is 28.4 Å². The lowest BCUT2D eigenvalue weighted by molar-refractivity contribution is -0.0152. The van der Waals surface area contributed by atoms with Crippen molar-refractivity contribution in [2.24, 2.45) is 0 Å². The van der Waals surface area contributed by atoms with Crippen molar-refractivity contribution in [3.8, 4) is 0 Å². The Morgan fingerprint density at radius 2 is 0.571 bits per heavy atom. The van der Waals surface area contributed by atoms with Gasteiger partial charge >= 0.3 is 0 Å².